The Kier molecular flexibility index (Phi) is 3.68. The van der Waals surface area contributed by atoms with E-state index in [1.54, 1.807) is 0 Å². The van der Waals surface area contributed by atoms with Crippen molar-refractivity contribution < 1.29 is 0 Å². The third-order valence-electron chi connectivity index (χ3n) is 4.44. The molecule has 2 aromatic rings. The highest BCUT2D eigenvalue weighted by molar-refractivity contribution is 5.32. The second-order valence-electron chi connectivity index (χ2n) is 6.05. The van der Waals surface area contributed by atoms with Gasteiger partial charge in [0, 0.05) is 5.92 Å². The Labute approximate surface area is 116 Å². The standard InChI is InChI=1S/C19H22/c1-15-12-16(13-15)14-19(17-8-4-2-5-9-17)18-10-6-3-7-11-18/h2-11,15-16,19H,12-14H2,1H3. The van der Waals surface area contributed by atoms with Crippen molar-refractivity contribution in [2.75, 3.05) is 0 Å². The van der Waals surface area contributed by atoms with E-state index >= 15 is 0 Å². The van der Waals surface area contributed by atoms with E-state index in [0.29, 0.717) is 5.92 Å². The molecular weight excluding hydrogens is 228 g/mol. The largest absolute Gasteiger partial charge is 0.0625 e. The van der Waals surface area contributed by atoms with Crippen LogP contribution in [0.25, 0.3) is 0 Å². The fourth-order valence-corrected chi connectivity index (χ4v) is 3.43. The SMILES string of the molecule is CC1CC(CC(c2ccccc2)c2ccccc2)C1. The Morgan fingerprint density at radius 2 is 1.32 bits per heavy atom. The Hall–Kier alpha value is -1.56. The Morgan fingerprint density at radius 3 is 1.74 bits per heavy atom. The minimum Gasteiger partial charge on any atom is -0.0625 e. The Balaban J connectivity index is 1.83. The van der Waals surface area contributed by atoms with Crippen LogP contribution in [-0.2, 0) is 0 Å². The molecule has 0 heterocycles. The average molecular weight is 250 g/mol. The molecule has 0 radical (unpaired) electrons. The lowest BCUT2D eigenvalue weighted by Gasteiger charge is -2.35. The van der Waals surface area contributed by atoms with Crippen LogP contribution >= 0.6 is 0 Å². The molecule has 0 aliphatic heterocycles. The van der Waals surface area contributed by atoms with Crippen LogP contribution in [0.4, 0.5) is 0 Å². The van der Waals surface area contributed by atoms with Crippen molar-refractivity contribution in [3.05, 3.63) is 71.8 Å². The molecule has 3 rings (SSSR count). The summed E-state index contributed by atoms with van der Waals surface area (Å²) in [7, 11) is 0. The highest BCUT2D eigenvalue weighted by atomic mass is 14.3. The summed E-state index contributed by atoms with van der Waals surface area (Å²) in [6, 6.07) is 22.0. The molecule has 0 aromatic heterocycles. The third-order valence-corrected chi connectivity index (χ3v) is 4.44. The molecule has 0 saturated heterocycles. The molecule has 0 spiro atoms. The zero-order valence-electron chi connectivity index (χ0n) is 11.6. The minimum atomic E-state index is 0.569. The molecule has 1 aliphatic carbocycles. The second kappa shape index (κ2) is 5.61. The van der Waals surface area contributed by atoms with E-state index in [2.05, 4.69) is 67.6 Å². The molecule has 0 bridgehead atoms. The first-order chi connectivity index (χ1) is 9.33. The van der Waals surface area contributed by atoms with Gasteiger partial charge in [-0.1, -0.05) is 67.6 Å². The number of hydrogen-bond acceptors (Lipinski definition) is 0. The summed E-state index contributed by atoms with van der Waals surface area (Å²) in [5.74, 6) is 2.43. The van der Waals surface area contributed by atoms with Crippen LogP contribution in [0.3, 0.4) is 0 Å². The summed E-state index contributed by atoms with van der Waals surface area (Å²) in [5, 5.41) is 0. The van der Waals surface area contributed by atoms with Crippen molar-refractivity contribution in [2.24, 2.45) is 11.8 Å². The normalized spacial score (nSPS) is 22.2. The molecule has 0 amide bonds. The topological polar surface area (TPSA) is 0 Å². The van der Waals surface area contributed by atoms with Crippen LogP contribution in [0, 0.1) is 11.8 Å². The molecule has 1 fully saturated rings. The maximum absolute atomic E-state index is 2.37. The van der Waals surface area contributed by atoms with Crippen LogP contribution in [0.15, 0.2) is 60.7 Å². The number of benzene rings is 2. The summed E-state index contributed by atoms with van der Waals surface area (Å²) in [5.41, 5.74) is 2.93. The lowest BCUT2D eigenvalue weighted by Crippen LogP contribution is -2.23. The van der Waals surface area contributed by atoms with E-state index in [1.807, 2.05) is 0 Å². The van der Waals surface area contributed by atoms with Crippen molar-refractivity contribution in [1.29, 1.82) is 0 Å². The number of hydrogen-bond donors (Lipinski definition) is 0. The van der Waals surface area contributed by atoms with Gasteiger partial charge in [-0.2, -0.15) is 0 Å². The van der Waals surface area contributed by atoms with Gasteiger partial charge in [-0.05, 0) is 42.2 Å². The van der Waals surface area contributed by atoms with Gasteiger partial charge >= 0.3 is 0 Å². The molecule has 0 unspecified atom stereocenters. The highest BCUT2D eigenvalue weighted by Gasteiger charge is 2.28. The predicted octanol–water partition coefficient (Wildman–Crippen LogP) is 5.25. The molecule has 0 atom stereocenters. The van der Waals surface area contributed by atoms with E-state index in [4.69, 9.17) is 0 Å². The summed E-state index contributed by atoms with van der Waals surface area (Å²) in [4.78, 5) is 0. The maximum Gasteiger partial charge on any atom is 0.00919 e. The molecule has 2 aromatic carbocycles. The zero-order chi connectivity index (χ0) is 13.1. The van der Waals surface area contributed by atoms with E-state index < -0.39 is 0 Å². The van der Waals surface area contributed by atoms with Gasteiger partial charge in [0.15, 0.2) is 0 Å². The maximum atomic E-state index is 2.37. The molecule has 0 N–H and O–H groups in total. The summed E-state index contributed by atoms with van der Waals surface area (Å²) in [6.07, 6.45) is 4.13. The van der Waals surface area contributed by atoms with Crippen molar-refractivity contribution in [3.63, 3.8) is 0 Å². The van der Waals surface area contributed by atoms with E-state index in [0.717, 1.165) is 11.8 Å². The van der Waals surface area contributed by atoms with Crippen molar-refractivity contribution in [1.82, 2.24) is 0 Å². The average Bonchev–Trinajstić information content (AvgIpc) is 2.44. The molecule has 19 heavy (non-hydrogen) atoms. The molecule has 0 heteroatoms. The monoisotopic (exact) mass is 250 g/mol. The first-order valence-electron chi connectivity index (χ1n) is 7.43. The lowest BCUT2D eigenvalue weighted by molar-refractivity contribution is 0.193. The van der Waals surface area contributed by atoms with Crippen LogP contribution in [0.5, 0.6) is 0 Å². The van der Waals surface area contributed by atoms with Gasteiger partial charge in [-0.25, -0.2) is 0 Å². The number of rotatable bonds is 4. The molecule has 1 saturated carbocycles. The van der Waals surface area contributed by atoms with Crippen molar-refractivity contribution in [2.45, 2.75) is 32.1 Å². The van der Waals surface area contributed by atoms with Crippen LogP contribution in [0.2, 0.25) is 0 Å². The van der Waals surface area contributed by atoms with E-state index in [-0.39, 0.29) is 0 Å². The molecule has 98 valence electrons. The first-order valence-corrected chi connectivity index (χ1v) is 7.43. The summed E-state index contributed by atoms with van der Waals surface area (Å²) < 4.78 is 0. The second-order valence-corrected chi connectivity index (χ2v) is 6.05. The van der Waals surface area contributed by atoms with Crippen LogP contribution in [-0.4, -0.2) is 0 Å². The van der Waals surface area contributed by atoms with Crippen LogP contribution < -0.4 is 0 Å². The van der Waals surface area contributed by atoms with Gasteiger partial charge < -0.3 is 0 Å². The van der Waals surface area contributed by atoms with Gasteiger partial charge in [0.25, 0.3) is 0 Å². The van der Waals surface area contributed by atoms with Gasteiger partial charge in [0.1, 0.15) is 0 Å². The third kappa shape index (κ3) is 2.89. The Bertz CT molecular complexity index is 455. The van der Waals surface area contributed by atoms with Crippen LogP contribution in [0.1, 0.15) is 43.2 Å². The van der Waals surface area contributed by atoms with E-state index in [1.165, 1.54) is 30.4 Å². The summed E-state index contributed by atoms with van der Waals surface area (Å²) in [6.45, 7) is 2.37. The van der Waals surface area contributed by atoms with Gasteiger partial charge in [0.2, 0.25) is 0 Å². The minimum absolute atomic E-state index is 0.569. The quantitative estimate of drug-likeness (QED) is 0.694. The highest BCUT2D eigenvalue weighted by Crippen LogP contribution is 2.41. The smallest absolute Gasteiger partial charge is 0.00919 e. The molecular formula is C19H22. The van der Waals surface area contributed by atoms with E-state index in [9.17, 15) is 0 Å². The molecule has 1 aliphatic rings. The van der Waals surface area contributed by atoms with Gasteiger partial charge in [0.05, 0.1) is 0 Å². The first kappa shape index (κ1) is 12.5. The fraction of sp³-hybridized carbons (Fsp3) is 0.368. The van der Waals surface area contributed by atoms with Gasteiger partial charge in [-0.3, -0.25) is 0 Å². The zero-order valence-corrected chi connectivity index (χ0v) is 11.6. The van der Waals surface area contributed by atoms with Gasteiger partial charge in [-0.15, -0.1) is 0 Å². The summed E-state index contributed by atoms with van der Waals surface area (Å²) >= 11 is 0. The predicted molar refractivity (Wildman–Crippen MR) is 81.2 cm³/mol. The molecule has 0 nitrogen and oxygen atoms in total. The van der Waals surface area contributed by atoms with Crippen molar-refractivity contribution >= 4 is 0 Å². The fourth-order valence-electron chi connectivity index (χ4n) is 3.43. The van der Waals surface area contributed by atoms with Crippen molar-refractivity contribution in [3.8, 4) is 0 Å². The Morgan fingerprint density at radius 1 is 0.842 bits per heavy atom. The lowest BCUT2D eigenvalue weighted by atomic mass is 9.70.